The van der Waals surface area contributed by atoms with Crippen LogP contribution in [0.4, 0.5) is 5.69 Å². The number of aryl methyl sites for hydroxylation is 1. The van der Waals surface area contributed by atoms with E-state index in [0.717, 1.165) is 5.56 Å². The summed E-state index contributed by atoms with van der Waals surface area (Å²) in [5.41, 5.74) is 50.7. The number of azide groups is 1. The number of rotatable bonds is 39. The number of carbonyl (C=O) groups excluding carboxylic acids is 11. The summed E-state index contributed by atoms with van der Waals surface area (Å²) in [6.45, 7) is -0.0399. The first-order valence-electron chi connectivity index (χ1n) is 30.9. The summed E-state index contributed by atoms with van der Waals surface area (Å²) in [6.07, 6.45) is -1.77. The van der Waals surface area contributed by atoms with Crippen LogP contribution < -0.4 is 82.1 Å². The van der Waals surface area contributed by atoms with E-state index in [4.69, 9.17) is 50.4 Å². The molecule has 0 spiro atoms. The molecule has 4 aromatic carbocycles. The molecule has 0 unspecified atom stereocenters. The third-order valence-electron chi connectivity index (χ3n) is 15.3. The van der Waals surface area contributed by atoms with Gasteiger partial charge in [0.05, 0.1) is 17.1 Å². The molecule has 1 heterocycles. The molecule has 8 atom stereocenters. The lowest BCUT2D eigenvalue weighted by Crippen LogP contribution is -2.60. The van der Waals surface area contributed by atoms with Crippen molar-refractivity contribution in [3.63, 3.8) is 0 Å². The highest BCUT2D eigenvalue weighted by molar-refractivity contribution is 14.1. The number of likely N-dealkylation sites (tertiary alicyclic amines) is 1. The molecule has 34 heteroatoms. The molecule has 33 nitrogen and oxygen atoms in total. The Bertz CT molecular complexity index is 3530. The van der Waals surface area contributed by atoms with Crippen molar-refractivity contribution in [3.05, 3.63) is 133 Å². The zero-order valence-corrected chi connectivity index (χ0v) is 55.5. The fourth-order valence-electron chi connectivity index (χ4n) is 10.3. The molecular formula is C63H83IN20O13. The molecule has 0 aromatic heterocycles. The number of amides is 11. The Hall–Kier alpha value is -10.8. The van der Waals surface area contributed by atoms with Gasteiger partial charge >= 0.3 is 0 Å². The molecule has 4 aromatic rings. The highest BCUT2D eigenvalue weighted by Crippen LogP contribution is 2.24. The van der Waals surface area contributed by atoms with Crippen molar-refractivity contribution in [1.29, 1.82) is 0 Å². The number of phenols is 1. The van der Waals surface area contributed by atoms with Gasteiger partial charge in [-0.05, 0) is 126 Å². The average molecular weight is 1450 g/mol. The van der Waals surface area contributed by atoms with Crippen molar-refractivity contribution < 1.29 is 62.6 Å². The molecule has 1 aliphatic heterocycles. The van der Waals surface area contributed by atoms with Crippen LogP contribution in [0.1, 0.15) is 86.5 Å². The van der Waals surface area contributed by atoms with Crippen LogP contribution >= 0.6 is 22.6 Å². The second kappa shape index (κ2) is 39.2. The Morgan fingerprint density at radius 1 is 0.588 bits per heavy atom. The van der Waals surface area contributed by atoms with E-state index in [1.165, 1.54) is 18.1 Å². The number of benzene rings is 4. The van der Waals surface area contributed by atoms with Crippen molar-refractivity contribution in [2.45, 2.75) is 138 Å². The first kappa shape index (κ1) is 76.9. The van der Waals surface area contributed by atoms with E-state index >= 15 is 0 Å². The normalized spacial score (nSPS) is 14.5. The predicted octanol–water partition coefficient (Wildman–Crippen LogP) is -1.27. The van der Waals surface area contributed by atoms with Crippen molar-refractivity contribution in [1.82, 2.24) is 42.1 Å². The van der Waals surface area contributed by atoms with Gasteiger partial charge in [-0.2, -0.15) is 0 Å². The molecule has 520 valence electrons. The van der Waals surface area contributed by atoms with Gasteiger partial charge in [-0.3, -0.25) is 62.7 Å². The number of halogens is 1. The Morgan fingerprint density at radius 2 is 1.09 bits per heavy atom. The number of nitrogens with zero attached hydrogens (tertiary/aromatic N) is 6. The minimum absolute atomic E-state index is 0.00594. The van der Waals surface area contributed by atoms with Crippen LogP contribution in [-0.2, 0) is 78.4 Å². The number of phenolic OH excluding ortho intramolecular Hbond substituents is 1. The minimum atomic E-state index is -1.87. The van der Waals surface area contributed by atoms with E-state index < -0.39 is 133 Å². The average Bonchev–Trinajstić information content (AvgIpc) is 1.59. The van der Waals surface area contributed by atoms with Gasteiger partial charge < -0.3 is 92.1 Å². The number of primary amides is 3. The van der Waals surface area contributed by atoms with Crippen LogP contribution in [0.25, 0.3) is 10.4 Å². The summed E-state index contributed by atoms with van der Waals surface area (Å²) in [7, 11) is 1.48. The first-order chi connectivity index (χ1) is 46.2. The third kappa shape index (κ3) is 26.5. The fraction of sp³-hybridized carbons (Fsp3) is 0.413. The van der Waals surface area contributed by atoms with Crippen molar-refractivity contribution in [3.8, 4) is 11.5 Å². The summed E-state index contributed by atoms with van der Waals surface area (Å²) in [4.78, 5) is 165. The van der Waals surface area contributed by atoms with Gasteiger partial charge in [-0.15, -0.1) is 0 Å². The van der Waals surface area contributed by atoms with E-state index in [2.05, 4.69) is 57.2 Å². The van der Waals surface area contributed by atoms with Gasteiger partial charge in [0, 0.05) is 62.3 Å². The third-order valence-corrected chi connectivity index (χ3v) is 16.2. The van der Waals surface area contributed by atoms with E-state index in [-0.39, 0.29) is 108 Å². The van der Waals surface area contributed by atoms with Crippen LogP contribution in [0.2, 0.25) is 0 Å². The van der Waals surface area contributed by atoms with Gasteiger partial charge in [0.25, 0.3) is 0 Å². The molecule has 5 rings (SSSR count). The van der Waals surface area contributed by atoms with Crippen LogP contribution in [0.5, 0.6) is 11.5 Å². The van der Waals surface area contributed by atoms with Crippen LogP contribution in [0.15, 0.2) is 112 Å². The maximum Gasteiger partial charge on any atom is 0.245 e. The van der Waals surface area contributed by atoms with Crippen molar-refractivity contribution in [2.24, 2.45) is 55.2 Å². The molecule has 11 amide bonds. The molecule has 0 saturated carbocycles. The molecule has 0 bridgehead atoms. The molecule has 0 radical (unpaired) electrons. The number of aromatic hydroxyl groups is 1. The number of methoxy groups -OCH3 is 1. The molecule has 97 heavy (non-hydrogen) atoms. The molecule has 1 aliphatic rings. The van der Waals surface area contributed by atoms with E-state index in [9.17, 15) is 57.8 Å². The number of nitrogens with two attached hydrogens (primary N) is 7. The molecule has 22 N–H and O–H groups in total. The summed E-state index contributed by atoms with van der Waals surface area (Å²) >= 11 is 1.90. The predicted molar refractivity (Wildman–Crippen MR) is 364 cm³/mol. The summed E-state index contributed by atoms with van der Waals surface area (Å²) < 4.78 is 5.77. The Labute approximate surface area is 572 Å². The van der Waals surface area contributed by atoms with E-state index in [0.29, 0.717) is 31.7 Å². The fourth-order valence-corrected chi connectivity index (χ4v) is 10.9. The lowest BCUT2D eigenvalue weighted by atomic mass is 10.0. The summed E-state index contributed by atoms with van der Waals surface area (Å²) in [6, 6.07) is 14.5. The highest BCUT2D eigenvalue weighted by Gasteiger charge is 2.41. The van der Waals surface area contributed by atoms with Crippen molar-refractivity contribution in [2.75, 3.05) is 26.7 Å². The number of nitrogens with one attached hydrogen (secondary N) is 7. The van der Waals surface area contributed by atoms with Gasteiger partial charge in [0.1, 0.15) is 59.8 Å². The zero-order valence-electron chi connectivity index (χ0n) is 53.3. The number of hydrogen-bond acceptors (Lipinski definition) is 16. The van der Waals surface area contributed by atoms with Crippen molar-refractivity contribution >= 4 is 105 Å². The monoisotopic (exact) mass is 1450 g/mol. The summed E-state index contributed by atoms with van der Waals surface area (Å²) in [5.74, 6) is -9.93. The number of aliphatic imine (C=N–C) groups is 2. The topological polar surface area (TPSA) is 560 Å². The smallest absolute Gasteiger partial charge is 0.245 e. The second-order valence-electron chi connectivity index (χ2n) is 22.7. The maximum absolute atomic E-state index is 14.8. The van der Waals surface area contributed by atoms with Gasteiger partial charge in [0.2, 0.25) is 65.0 Å². The number of guanidine groups is 2. The van der Waals surface area contributed by atoms with Crippen LogP contribution in [-0.4, -0.2) is 162 Å². The molecule has 1 saturated heterocycles. The highest BCUT2D eigenvalue weighted by atomic mass is 125. The first-order valence-corrected chi connectivity index (χ1v) is 32.0. The van der Waals surface area contributed by atoms with Crippen LogP contribution in [0, 0.1) is 3.57 Å². The van der Waals surface area contributed by atoms with Gasteiger partial charge in [-0.25, -0.2) is 0 Å². The van der Waals surface area contributed by atoms with E-state index in [1.54, 1.807) is 91.0 Å². The number of ether oxygens (including phenoxy) is 1. The molecule has 1 fully saturated rings. The second-order valence-corrected chi connectivity index (χ2v) is 23.9. The quantitative estimate of drug-likeness (QED) is 0.00471. The standard InChI is InChI=1S/C63H83IN20O13/c1-97-40-21-15-37(16-22-40)32-46(75-53(88)26-18-35-13-19-39(20-14-35)82-83-72)57(92)80-47(31-36-8-3-2-4-9-36)58(93)76-43(23-25-51(65)86)56(91)81-48(34-52(66)87)59(94)78-44(11-6-28-74-63(70)71)61(96)84-29-7-12-49(84)60(95)77-42(10-5-27-73-62(68)69)55(90)79-45(54(67)89)33-38-17-24-50(85)41(64)30-38/h2-4,8-9,13-17,19-22,24,30,42-49,85H,5-7,10-12,18,23,25-29,31-34H2,1H3,(H2,65,86)(H2,66,87)(H2,67,89)(H,75,88)(H,76,93)(H,77,95)(H,78,94)(H,79,90)(H,80,92)(H,81,91)(H4,68,69,73)(H4,70,71,74)/t42-,43-,44-,45-,46+,47-,48-,49-/m0/s1/i64-2. The lowest BCUT2D eigenvalue weighted by Gasteiger charge is -2.31. The lowest BCUT2D eigenvalue weighted by molar-refractivity contribution is -0.143. The Kier molecular flexibility index (Phi) is 31.1. The van der Waals surface area contributed by atoms with Gasteiger partial charge in [-0.1, -0.05) is 77.9 Å². The van der Waals surface area contributed by atoms with Gasteiger partial charge in [0.15, 0.2) is 11.9 Å². The van der Waals surface area contributed by atoms with Crippen LogP contribution in [0.3, 0.4) is 0 Å². The minimum Gasteiger partial charge on any atom is -0.507 e. The summed E-state index contributed by atoms with van der Waals surface area (Å²) in [5, 5.41) is 31.9. The Balaban J connectivity index is 1.39. The molecular weight excluding hydrogens is 1370 g/mol. The molecule has 0 aliphatic carbocycles. The maximum atomic E-state index is 14.8. The SMILES string of the molecule is COc1ccc(C[C@@H](NC(=O)CCc2ccc(N=[N+]=[N-])cc2)C(=O)N[C@@H](Cc2ccccc2)C(=O)N[C@@H](CCC(N)=O)C(=O)N[C@@H](CC(N)=O)C(=O)N[C@@H](CCCN=C(N)N)C(=O)N2CCC[C@H]2C(=O)N[C@@H](CCCN=C(N)N)C(=O)N[C@@H](Cc2ccc(O)c([125I])c2)C(N)=O)cc1. The largest absolute Gasteiger partial charge is 0.507 e. The zero-order chi connectivity index (χ0) is 71.1. The number of hydrogen-bond donors (Lipinski definition) is 15. The Morgan fingerprint density at radius 3 is 1.66 bits per heavy atom. The van der Waals surface area contributed by atoms with E-state index in [1.807, 2.05) is 22.6 Å². The number of carbonyl (C=O) groups is 11.